The lowest BCUT2D eigenvalue weighted by molar-refractivity contribution is -0.142. The number of carbonyl (C=O) groups is 2. The number of rotatable bonds is 6. The summed E-state index contributed by atoms with van der Waals surface area (Å²) in [6.07, 6.45) is 1.92. The van der Waals surface area contributed by atoms with Gasteiger partial charge in [-0.25, -0.2) is 0 Å². The summed E-state index contributed by atoms with van der Waals surface area (Å²) in [5, 5.41) is 9.21. The number of benzene rings is 2. The van der Waals surface area contributed by atoms with Crippen LogP contribution in [0.25, 0.3) is 32.9 Å². The molecular formula is C23H23ClN4O3. The van der Waals surface area contributed by atoms with Crippen LogP contribution < -0.4 is 5.32 Å². The minimum atomic E-state index is -0.771. The Kier molecular flexibility index (Phi) is 5.45. The maximum absolute atomic E-state index is 12.9. The minimum Gasteiger partial charge on any atom is -0.462 e. The van der Waals surface area contributed by atoms with Crippen molar-refractivity contribution in [3.63, 3.8) is 0 Å². The monoisotopic (exact) mass is 438 g/mol. The number of esters is 1. The van der Waals surface area contributed by atoms with Crippen LogP contribution in [0.2, 0.25) is 0 Å². The molecule has 0 radical (unpaired) electrons. The lowest BCUT2D eigenvalue weighted by Crippen LogP contribution is -2.47. The molecule has 4 aromatic rings. The summed E-state index contributed by atoms with van der Waals surface area (Å²) < 4.78 is 6.76. The molecule has 2 heterocycles. The number of nitrogens with zero attached hydrogens (tertiary/aromatic N) is 2. The Labute approximate surface area is 184 Å². The van der Waals surface area contributed by atoms with Crippen LogP contribution in [0.15, 0.2) is 48.7 Å². The molecule has 0 unspecified atom stereocenters. The second kappa shape index (κ2) is 8.07. The Morgan fingerprint density at radius 2 is 2.00 bits per heavy atom. The van der Waals surface area contributed by atoms with Crippen molar-refractivity contribution in [3.8, 4) is 11.1 Å². The quantitative estimate of drug-likeness (QED) is 0.351. The fourth-order valence-electron chi connectivity index (χ4n) is 3.63. The van der Waals surface area contributed by atoms with Gasteiger partial charge in [0.15, 0.2) is 5.69 Å². The second-order valence-electron chi connectivity index (χ2n) is 8.08. The van der Waals surface area contributed by atoms with Crippen molar-refractivity contribution in [2.45, 2.75) is 19.4 Å². The summed E-state index contributed by atoms with van der Waals surface area (Å²) in [7, 11) is 1.81. The normalized spacial score (nSPS) is 11.7. The Bertz CT molecular complexity index is 1290. The van der Waals surface area contributed by atoms with E-state index >= 15 is 0 Å². The number of hydrogen-bond donors (Lipinski definition) is 2. The Morgan fingerprint density at radius 1 is 1.19 bits per heavy atom. The van der Waals surface area contributed by atoms with E-state index in [9.17, 15) is 9.59 Å². The van der Waals surface area contributed by atoms with Crippen molar-refractivity contribution < 1.29 is 14.3 Å². The Balaban J connectivity index is 1.64. The van der Waals surface area contributed by atoms with Crippen LogP contribution in [0.1, 0.15) is 24.3 Å². The van der Waals surface area contributed by atoms with Gasteiger partial charge < -0.3 is 15.0 Å². The van der Waals surface area contributed by atoms with Crippen molar-refractivity contribution in [3.05, 3.63) is 54.4 Å². The van der Waals surface area contributed by atoms with Gasteiger partial charge in [0.05, 0.1) is 11.1 Å². The lowest BCUT2D eigenvalue weighted by atomic mass is 10.00. The van der Waals surface area contributed by atoms with Crippen LogP contribution in [0, 0.1) is 0 Å². The number of nitrogens with one attached hydrogen (secondary N) is 2. The summed E-state index contributed by atoms with van der Waals surface area (Å²) in [6, 6.07) is 14.1. The highest BCUT2D eigenvalue weighted by molar-refractivity contribution is 6.26. The smallest absolute Gasteiger partial charge is 0.320 e. The van der Waals surface area contributed by atoms with E-state index in [1.54, 1.807) is 18.5 Å². The summed E-state index contributed by atoms with van der Waals surface area (Å²) >= 11 is 5.46. The molecule has 4 rings (SSSR count). The molecule has 2 aromatic carbocycles. The molecule has 0 saturated carbocycles. The minimum absolute atomic E-state index is 0.0138. The highest BCUT2D eigenvalue weighted by atomic mass is 35.5. The SMILES string of the molecule is Cn1nc(C(=O)NC(C)(C)COC(=O)CCl)c2ccc(-c3cccc4[nH]ccc34)cc21. The van der Waals surface area contributed by atoms with Gasteiger partial charge >= 0.3 is 5.97 Å². The molecule has 160 valence electrons. The zero-order valence-corrected chi connectivity index (χ0v) is 18.3. The average molecular weight is 439 g/mol. The van der Waals surface area contributed by atoms with E-state index < -0.39 is 11.5 Å². The van der Waals surface area contributed by atoms with Gasteiger partial charge in [-0.05, 0) is 49.2 Å². The van der Waals surface area contributed by atoms with Crippen molar-refractivity contribution in [2.75, 3.05) is 12.5 Å². The van der Waals surface area contributed by atoms with Gasteiger partial charge in [-0.2, -0.15) is 5.10 Å². The van der Waals surface area contributed by atoms with Crippen LogP contribution in [0.4, 0.5) is 0 Å². The van der Waals surface area contributed by atoms with Crippen molar-refractivity contribution >= 4 is 45.3 Å². The Morgan fingerprint density at radius 3 is 2.77 bits per heavy atom. The first-order chi connectivity index (χ1) is 14.8. The third-order valence-corrected chi connectivity index (χ3v) is 5.35. The molecule has 0 aliphatic rings. The van der Waals surface area contributed by atoms with E-state index in [4.69, 9.17) is 16.3 Å². The number of aryl methyl sites for hydroxylation is 1. The molecule has 2 N–H and O–H groups in total. The average Bonchev–Trinajstić information content (AvgIpc) is 3.36. The van der Waals surface area contributed by atoms with Crippen LogP contribution in [0.3, 0.4) is 0 Å². The standard InChI is InChI=1S/C23H23ClN4O3/c1-23(2,13-31-20(29)12-24)26-22(30)21-17-8-7-14(11-19(17)28(3)27-21)15-5-4-6-18-16(15)9-10-25-18/h4-11,25H,12-13H2,1-3H3,(H,26,30). The first-order valence-electron chi connectivity index (χ1n) is 9.86. The first-order valence-corrected chi connectivity index (χ1v) is 10.4. The number of alkyl halides is 1. The molecule has 7 nitrogen and oxygen atoms in total. The highest BCUT2D eigenvalue weighted by Crippen LogP contribution is 2.31. The van der Waals surface area contributed by atoms with E-state index in [1.165, 1.54) is 0 Å². The van der Waals surface area contributed by atoms with E-state index in [1.807, 2.05) is 43.6 Å². The van der Waals surface area contributed by atoms with E-state index in [0.717, 1.165) is 32.9 Å². The van der Waals surface area contributed by atoms with Gasteiger partial charge in [-0.1, -0.05) is 18.2 Å². The van der Waals surface area contributed by atoms with E-state index in [-0.39, 0.29) is 18.4 Å². The van der Waals surface area contributed by atoms with Gasteiger partial charge in [0.25, 0.3) is 5.91 Å². The molecule has 0 atom stereocenters. The van der Waals surface area contributed by atoms with E-state index in [0.29, 0.717) is 5.69 Å². The second-order valence-corrected chi connectivity index (χ2v) is 8.35. The molecule has 31 heavy (non-hydrogen) atoms. The van der Waals surface area contributed by atoms with Gasteiger partial charge in [-0.15, -0.1) is 11.6 Å². The highest BCUT2D eigenvalue weighted by Gasteiger charge is 2.26. The number of aromatic amines is 1. The van der Waals surface area contributed by atoms with Crippen LogP contribution in [0.5, 0.6) is 0 Å². The van der Waals surface area contributed by atoms with Crippen LogP contribution in [-0.2, 0) is 16.6 Å². The molecule has 8 heteroatoms. The lowest BCUT2D eigenvalue weighted by Gasteiger charge is -2.25. The summed E-state index contributed by atoms with van der Waals surface area (Å²) in [5.41, 5.74) is 3.62. The maximum atomic E-state index is 12.9. The molecule has 2 aromatic heterocycles. The predicted molar refractivity (Wildman–Crippen MR) is 121 cm³/mol. The molecular weight excluding hydrogens is 416 g/mol. The van der Waals surface area contributed by atoms with Gasteiger partial charge in [0.1, 0.15) is 12.5 Å². The summed E-state index contributed by atoms with van der Waals surface area (Å²) in [5.74, 6) is -1.09. The van der Waals surface area contributed by atoms with Gasteiger partial charge in [0, 0.05) is 29.5 Å². The molecule has 1 amide bonds. The molecule has 0 fully saturated rings. The van der Waals surface area contributed by atoms with Gasteiger partial charge in [0.2, 0.25) is 0 Å². The number of hydrogen-bond acceptors (Lipinski definition) is 4. The third kappa shape index (κ3) is 4.14. The summed E-state index contributed by atoms with van der Waals surface area (Å²) in [4.78, 5) is 27.5. The number of fused-ring (bicyclic) bond motifs is 2. The number of carbonyl (C=O) groups excluding carboxylic acids is 2. The molecule has 0 bridgehead atoms. The largest absolute Gasteiger partial charge is 0.462 e. The molecule has 0 aliphatic carbocycles. The Hall–Kier alpha value is -3.32. The zero-order valence-electron chi connectivity index (χ0n) is 17.5. The topological polar surface area (TPSA) is 89.0 Å². The first kappa shape index (κ1) is 20.9. The van der Waals surface area contributed by atoms with Crippen molar-refractivity contribution in [1.29, 1.82) is 0 Å². The maximum Gasteiger partial charge on any atom is 0.320 e. The number of aromatic nitrogens is 3. The van der Waals surface area contributed by atoms with Crippen LogP contribution >= 0.6 is 11.6 Å². The van der Waals surface area contributed by atoms with E-state index in [2.05, 4.69) is 27.5 Å². The van der Waals surface area contributed by atoms with Crippen molar-refractivity contribution in [1.82, 2.24) is 20.1 Å². The van der Waals surface area contributed by atoms with Crippen LogP contribution in [-0.4, -0.2) is 44.7 Å². The fraction of sp³-hybridized carbons (Fsp3) is 0.261. The zero-order chi connectivity index (χ0) is 22.2. The number of ether oxygens (including phenoxy) is 1. The molecule has 0 aliphatic heterocycles. The van der Waals surface area contributed by atoms with Crippen molar-refractivity contribution in [2.24, 2.45) is 7.05 Å². The fourth-order valence-corrected chi connectivity index (χ4v) is 3.71. The third-order valence-electron chi connectivity index (χ3n) is 5.13. The molecule has 0 spiro atoms. The number of halogens is 1. The van der Waals surface area contributed by atoms with Gasteiger partial charge in [-0.3, -0.25) is 14.3 Å². The predicted octanol–water partition coefficient (Wildman–Crippen LogP) is 4.01. The summed E-state index contributed by atoms with van der Waals surface area (Å²) in [6.45, 7) is 3.56. The number of amides is 1. The number of H-pyrrole nitrogens is 1. The molecule has 0 saturated heterocycles.